The molecule has 0 aliphatic carbocycles. The number of unbranched alkanes of at least 4 members (excludes halogenated alkanes) is 37. The van der Waals surface area contributed by atoms with Gasteiger partial charge in [0.1, 0.15) is 13.2 Å². The normalized spacial score (nSPS) is 12.5. The highest BCUT2D eigenvalue weighted by Gasteiger charge is 2.19. The number of carbonyl (C=O) groups excluding carboxylic acids is 3. The second-order valence-electron chi connectivity index (χ2n) is 22.0. The second-order valence-corrected chi connectivity index (χ2v) is 22.0. The van der Waals surface area contributed by atoms with Crippen LogP contribution in [0.15, 0.2) is 72.9 Å². The lowest BCUT2D eigenvalue weighted by Crippen LogP contribution is -2.30. The molecule has 0 aromatic rings. The van der Waals surface area contributed by atoms with E-state index in [2.05, 4.69) is 93.7 Å². The predicted octanol–water partition coefficient (Wildman–Crippen LogP) is 22.5. The van der Waals surface area contributed by atoms with Crippen LogP contribution in [0.25, 0.3) is 0 Å². The minimum absolute atomic E-state index is 0.0737. The van der Waals surface area contributed by atoms with Crippen molar-refractivity contribution in [2.45, 2.75) is 341 Å². The number of carbonyl (C=O) groups is 3. The second kappa shape index (κ2) is 64.4. The van der Waals surface area contributed by atoms with E-state index in [9.17, 15) is 14.4 Å². The third-order valence-electron chi connectivity index (χ3n) is 14.5. The molecule has 6 heteroatoms. The monoisotopic (exact) mass is 1060 g/mol. The van der Waals surface area contributed by atoms with Crippen molar-refractivity contribution in [3.05, 3.63) is 72.9 Å². The molecule has 0 rings (SSSR count). The summed E-state index contributed by atoms with van der Waals surface area (Å²) in [4.78, 5) is 38.0. The molecule has 0 spiro atoms. The molecule has 0 N–H and O–H groups in total. The molecule has 0 heterocycles. The number of ether oxygens (including phenoxy) is 3. The number of allylic oxidation sites excluding steroid dienone is 12. The summed E-state index contributed by atoms with van der Waals surface area (Å²) in [5, 5.41) is 0. The standard InChI is InChI=1S/C70H124O6/c1-4-7-10-13-15-17-19-21-23-25-27-29-31-33-34-35-36-37-39-40-42-44-46-48-50-52-54-57-60-63-69(72)75-66-67(65-74-68(71)62-59-56-12-9-6-3)76-70(73)64-61-58-55-53-51-49-47-45-43-41-38-32-30-28-26-24-22-20-18-16-14-11-8-5-2/h7,10,15,17,21,23,27,29,33-34,36-37,67H,4-6,8-9,11-14,16,18-20,22,24-26,28,30-32,35,38-66H2,1-3H3/b10-7-,17-15-,23-21-,29-27-,34-33-,37-36-. The average molecular weight is 1060 g/mol. The summed E-state index contributed by atoms with van der Waals surface area (Å²) in [5.74, 6) is -0.875. The maximum absolute atomic E-state index is 12.8. The molecule has 0 aromatic heterocycles. The van der Waals surface area contributed by atoms with Gasteiger partial charge in [-0.2, -0.15) is 0 Å². The highest BCUT2D eigenvalue weighted by Crippen LogP contribution is 2.18. The van der Waals surface area contributed by atoms with Crippen molar-refractivity contribution in [2.75, 3.05) is 13.2 Å². The number of hydrogen-bond donors (Lipinski definition) is 0. The molecule has 1 atom stereocenters. The van der Waals surface area contributed by atoms with Crippen molar-refractivity contribution in [1.29, 1.82) is 0 Å². The Hall–Kier alpha value is -3.15. The smallest absolute Gasteiger partial charge is 0.306 e. The molecule has 0 radical (unpaired) electrons. The maximum Gasteiger partial charge on any atom is 0.306 e. The molecular weight excluding hydrogens is 937 g/mol. The van der Waals surface area contributed by atoms with Gasteiger partial charge >= 0.3 is 17.9 Å². The molecule has 0 bridgehead atoms. The zero-order valence-electron chi connectivity index (χ0n) is 50.5. The molecule has 0 amide bonds. The van der Waals surface area contributed by atoms with Gasteiger partial charge in [0.15, 0.2) is 6.10 Å². The van der Waals surface area contributed by atoms with Gasteiger partial charge in [-0.25, -0.2) is 0 Å². The van der Waals surface area contributed by atoms with E-state index < -0.39 is 6.10 Å². The van der Waals surface area contributed by atoms with E-state index in [1.165, 1.54) is 193 Å². The van der Waals surface area contributed by atoms with Crippen molar-refractivity contribution in [1.82, 2.24) is 0 Å². The summed E-state index contributed by atoms with van der Waals surface area (Å²) in [6.07, 6.45) is 84.0. The SMILES string of the molecule is CC/C=C\C/C=C\C/C=C\C/C=C\C/C=C\C/C=C\CCCCCCCCCCCCC(=O)OCC(COC(=O)CCCCCCC)OC(=O)CCCCCCCCCCCCCCCCCCCCCCCCCC. The lowest BCUT2D eigenvalue weighted by molar-refractivity contribution is -0.167. The zero-order valence-corrected chi connectivity index (χ0v) is 50.5. The van der Waals surface area contributed by atoms with Gasteiger partial charge in [-0.1, -0.05) is 318 Å². The molecule has 6 nitrogen and oxygen atoms in total. The Morgan fingerprint density at radius 1 is 0.276 bits per heavy atom. The highest BCUT2D eigenvalue weighted by atomic mass is 16.6. The highest BCUT2D eigenvalue weighted by molar-refractivity contribution is 5.71. The predicted molar refractivity (Wildman–Crippen MR) is 330 cm³/mol. The fourth-order valence-corrected chi connectivity index (χ4v) is 9.57. The van der Waals surface area contributed by atoms with Crippen molar-refractivity contribution in [3.63, 3.8) is 0 Å². The van der Waals surface area contributed by atoms with E-state index in [0.717, 1.165) is 103 Å². The first-order chi connectivity index (χ1) is 37.5. The Balaban J connectivity index is 4.01. The number of hydrogen-bond acceptors (Lipinski definition) is 6. The third kappa shape index (κ3) is 61.7. The van der Waals surface area contributed by atoms with Crippen molar-refractivity contribution < 1.29 is 28.6 Å². The van der Waals surface area contributed by atoms with Gasteiger partial charge in [0.25, 0.3) is 0 Å². The number of esters is 3. The lowest BCUT2D eigenvalue weighted by Gasteiger charge is -2.18. The minimum atomic E-state index is -0.772. The number of rotatable bonds is 60. The molecule has 440 valence electrons. The van der Waals surface area contributed by atoms with Crippen LogP contribution in [0.1, 0.15) is 335 Å². The first kappa shape index (κ1) is 72.8. The van der Waals surface area contributed by atoms with Crippen LogP contribution in [0, 0.1) is 0 Å². The van der Waals surface area contributed by atoms with Gasteiger partial charge in [0.05, 0.1) is 0 Å². The Kier molecular flexibility index (Phi) is 61.7. The third-order valence-corrected chi connectivity index (χ3v) is 14.5. The first-order valence-corrected chi connectivity index (χ1v) is 32.9. The summed E-state index contributed by atoms with van der Waals surface area (Å²) in [5.41, 5.74) is 0. The Morgan fingerprint density at radius 2 is 0.513 bits per heavy atom. The van der Waals surface area contributed by atoms with Crippen LogP contribution in [0.3, 0.4) is 0 Å². The molecule has 0 aliphatic rings. The molecule has 0 fully saturated rings. The molecule has 1 unspecified atom stereocenters. The van der Waals surface area contributed by atoms with E-state index in [-0.39, 0.29) is 31.1 Å². The van der Waals surface area contributed by atoms with Gasteiger partial charge in [0.2, 0.25) is 0 Å². The summed E-state index contributed by atoms with van der Waals surface area (Å²) in [6, 6.07) is 0. The molecule has 0 aromatic carbocycles. The van der Waals surface area contributed by atoms with Gasteiger partial charge in [-0.05, 0) is 70.6 Å². The van der Waals surface area contributed by atoms with E-state index >= 15 is 0 Å². The van der Waals surface area contributed by atoms with Gasteiger partial charge in [0, 0.05) is 19.3 Å². The van der Waals surface area contributed by atoms with Crippen LogP contribution in [0.5, 0.6) is 0 Å². The van der Waals surface area contributed by atoms with Gasteiger partial charge in [-0.3, -0.25) is 14.4 Å². The molecule has 0 saturated carbocycles. The Bertz CT molecular complexity index is 1400. The molecule has 76 heavy (non-hydrogen) atoms. The summed E-state index contributed by atoms with van der Waals surface area (Å²) < 4.78 is 16.8. The quantitative estimate of drug-likeness (QED) is 0.0261. The van der Waals surface area contributed by atoms with Crippen LogP contribution in [0.4, 0.5) is 0 Å². The van der Waals surface area contributed by atoms with Crippen molar-refractivity contribution in [2.24, 2.45) is 0 Å². The van der Waals surface area contributed by atoms with Gasteiger partial charge < -0.3 is 14.2 Å². The van der Waals surface area contributed by atoms with E-state index in [1.54, 1.807) is 0 Å². The maximum atomic E-state index is 12.8. The molecular formula is C70H124O6. The lowest BCUT2D eigenvalue weighted by atomic mass is 10.0. The molecule has 0 aliphatic heterocycles. The van der Waals surface area contributed by atoms with E-state index in [0.29, 0.717) is 19.3 Å². The molecule has 0 saturated heterocycles. The average Bonchev–Trinajstić information content (AvgIpc) is 3.42. The summed E-state index contributed by atoms with van der Waals surface area (Å²) >= 11 is 0. The van der Waals surface area contributed by atoms with Crippen LogP contribution in [0.2, 0.25) is 0 Å². The fraction of sp³-hybridized carbons (Fsp3) is 0.786. The Morgan fingerprint density at radius 3 is 0.803 bits per heavy atom. The van der Waals surface area contributed by atoms with Crippen LogP contribution in [-0.4, -0.2) is 37.2 Å². The fourth-order valence-electron chi connectivity index (χ4n) is 9.57. The van der Waals surface area contributed by atoms with Crippen LogP contribution in [-0.2, 0) is 28.6 Å². The topological polar surface area (TPSA) is 78.9 Å². The van der Waals surface area contributed by atoms with Crippen LogP contribution >= 0.6 is 0 Å². The Labute approximate surface area is 472 Å². The van der Waals surface area contributed by atoms with Crippen LogP contribution < -0.4 is 0 Å². The minimum Gasteiger partial charge on any atom is -0.462 e. The summed E-state index contributed by atoms with van der Waals surface area (Å²) in [7, 11) is 0. The van der Waals surface area contributed by atoms with E-state index in [4.69, 9.17) is 14.2 Å². The zero-order chi connectivity index (χ0) is 55.0. The summed E-state index contributed by atoms with van der Waals surface area (Å²) in [6.45, 7) is 6.48. The van der Waals surface area contributed by atoms with Crippen molar-refractivity contribution in [3.8, 4) is 0 Å². The van der Waals surface area contributed by atoms with Gasteiger partial charge in [-0.15, -0.1) is 0 Å². The largest absolute Gasteiger partial charge is 0.462 e. The van der Waals surface area contributed by atoms with E-state index in [1.807, 2.05) is 0 Å². The van der Waals surface area contributed by atoms with Crippen molar-refractivity contribution >= 4 is 17.9 Å². The first-order valence-electron chi connectivity index (χ1n) is 32.9.